The third kappa shape index (κ3) is 3.04. The van der Waals surface area contributed by atoms with E-state index in [1.807, 2.05) is 12.1 Å². The van der Waals surface area contributed by atoms with Crippen LogP contribution in [0.3, 0.4) is 0 Å². The molecular weight excluding hydrogens is 361 g/mol. The summed E-state index contributed by atoms with van der Waals surface area (Å²) in [4.78, 5) is 5.11. The Kier molecular flexibility index (Phi) is 4.22. The minimum absolute atomic E-state index is 0.102. The van der Waals surface area contributed by atoms with Crippen LogP contribution in [0.15, 0.2) is 36.4 Å². The highest BCUT2D eigenvalue weighted by Crippen LogP contribution is 2.54. The number of benzene rings is 2. The van der Waals surface area contributed by atoms with E-state index in [1.54, 1.807) is 6.07 Å². The lowest BCUT2D eigenvalue weighted by Crippen LogP contribution is -2.43. The van der Waals surface area contributed by atoms with Gasteiger partial charge in [0.2, 0.25) is 0 Å². The van der Waals surface area contributed by atoms with Gasteiger partial charge in [0, 0.05) is 43.0 Å². The second kappa shape index (κ2) is 6.57. The molecule has 0 unspecified atom stereocenters. The first kappa shape index (κ1) is 18.6. The number of likely N-dealkylation sites (tertiary alicyclic amines) is 1. The van der Waals surface area contributed by atoms with Crippen molar-refractivity contribution in [3.63, 3.8) is 0 Å². The fraction of sp³-hybridized carbons (Fsp3) is 0.480. The van der Waals surface area contributed by atoms with Crippen LogP contribution in [-0.2, 0) is 6.54 Å². The topological polar surface area (TPSA) is 30.3 Å². The molecule has 2 saturated heterocycles. The lowest BCUT2D eigenvalue weighted by atomic mass is 9.90. The minimum atomic E-state index is -0.442. The van der Waals surface area contributed by atoms with Crippen molar-refractivity contribution < 1.29 is 4.39 Å². The van der Waals surface area contributed by atoms with E-state index < -0.39 is 5.82 Å². The van der Waals surface area contributed by atoms with Crippen molar-refractivity contribution in [2.45, 2.75) is 51.6 Å². The van der Waals surface area contributed by atoms with Gasteiger partial charge in [0.15, 0.2) is 0 Å². The largest absolute Gasteiger partial charge is 0.371 e. The van der Waals surface area contributed by atoms with Crippen LogP contribution in [0.2, 0.25) is 0 Å². The predicted molar refractivity (Wildman–Crippen MR) is 114 cm³/mol. The van der Waals surface area contributed by atoms with E-state index in [1.165, 1.54) is 49.5 Å². The van der Waals surface area contributed by atoms with E-state index >= 15 is 0 Å². The summed E-state index contributed by atoms with van der Waals surface area (Å²) in [5.41, 5.74) is 5.38. The Hall–Kier alpha value is -2.38. The second-order valence-electron chi connectivity index (χ2n) is 9.80. The molecule has 0 radical (unpaired) electrons. The molecule has 4 heteroatoms. The summed E-state index contributed by atoms with van der Waals surface area (Å²) >= 11 is 0. The number of rotatable bonds is 4. The highest BCUT2D eigenvalue weighted by molar-refractivity contribution is 5.82. The van der Waals surface area contributed by atoms with Crippen LogP contribution in [0.25, 0.3) is 11.1 Å². The first-order chi connectivity index (χ1) is 13.9. The maximum Gasteiger partial charge on any atom is 0.141 e. The molecule has 0 spiro atoms. The Morgan fingerprint density at radius 1 is 1.14 bits per heavy atom. The smallest absolute Gasteiger partial charge is 0.141 e. The van der Waals surface area contributed by atoms with Crippen LogP contribution in [0.1, 0.15) is 50.7 Å². The molecule has 150 valence electrons. The van der Waals surface area contributed by atoms with Gasteiger partial charge in [0.1, 0.15) is 11.9 Å². The molecule has 2 aliphatic heterocycles. The predicted octanol–water partition coefficient (Wildman–Crippen LogP) is 5.34. The maximum absolute atomic E-state index is 14.3. The summed E-state index contributed by atoms with van der Waals surface area (Å²) in [6, 6.07) is 13.4. The van der Waals surface area contributed by atoms with Gasteiger partial charge in [-0.1, -0.05) is 31.2 Å². The Bertz CT molecular complexity index is 1010. The molecule has 3 fully saturated rings. The molecule has 2 bridgehead atoms. The standard InChI is InChI=1S/C25H28FN3/c1-24-9-10-25(2,16-24)29(17-24)15-20-5-3-6-21(23(20)28-11-4-12-28)18-7-8-19(14-27)22(26)13-18/h3,5-8,13H,4,9-12,15-17H2,1-2H3/t24-,25+/m1/s1. The summed E-state index contributed by atoms with van der Waals surface area (Å²) in [7, 11) is 0. The van der Waals surface area contributed by atoms with Crippen molar-refractivity contribution in [2.75, 3.05) is 24.5 Å². The van der Waals surface area contributed by atoms with Crippen molar-refractivity contribution in [3.05, 3.63) is 53.3 Å². The fourth-order valence-corrected chi connectivity index (χ4v) is 5.81. The van der Waals surface area contributed by atoms with Crippen LogP contribution in [0, 0.1) is 22.6 Å². The number of fused-ring (bicyclic) bond motifs is 2. The quantitative estimate of drug-likeness (QED) is 0.707. The molecule has 5 rings (SSSR count). The number of piperidine rings is 1. The van der Waals surface area contributed by atoms with Gasteiger partial charge in [0.25, 0.3) is 0 Å². The third-order valence-electron chi connectivity index (χ3n) is 7.46. The van der Waals surface area contributed by atoms with Gasteiger partial charge < -0.3 is 4.90 Å². The number of halogens is 1. The van der Waals surface area contributed by atoms with E-state index in [2.05, 4.69) is 41.8 Å². The van der Waals surface area contributed by atoms with E-state index in [-0.39, 0.29) is 5.56 Å². The van der Waals surface area contributed by atoms with Crippen LogP contribution >= 0.6 is 0 Å². The van der Waals surface area contributed by atoms with Gasteiger partial charge in [-0.2, -0.15) is 5.26 Å². The molecule has 2 heterocycles. The van der Waals surface area contributed by atoms with Crippen LogP contribution in [0.4, 0.5) is 10.1 Å². The van der Waals surface area contributed by atoms with Gasteiger partial charge in [-0.25, -0.2) is 4.39 Å². The number of nitriles is 1. The summed E-state index contributed by atoms with van der Waals surface area (Å²) in [5.74, 6) is -0.442. The molecule has 2 aromatic carbocycles. The molecule has 1 aliphatic carbocycles. The second-order valence-corrected chi connectivity index (χ2v) is 9.80. The van der Waals surface area contributed by atoms with Crippen LogP contribution < -0.4 is 4.90 Å². The summed E-state index contributed by atoms with van der Waals surface area (Å²) in [6.07, 6.45) is 5.11. The molecule has 0 N–H and O–H groups in total. The van der Waals surface area contributed by atoms with Crippen molar-refractivity contribution in [1.29, 1.82) is 5.26 Å². The molecule has 0 aromatic heterocycles. The Balaban J connectivity index is 1.54. The molecular formula is C25H28FN3. The van der Waals surface area contributed by atoms with Gasteiger partial charge in [-0.15, -0.1) is 0 Å². The first-order valence-electron chi connectivity index (χ1n) is 10.7. The summed E-state index contributed by atoms with van der Waals surface area (Å²) < 4.78 is 14.3. The summed E-state index contributed by atoms with van der Waals surface area (Å²) in [6.45, 7) is 9.08. The number of nitrogens with zero attached hydrogens (tertiary/aromatic N) is 3. The van der Waals surface area contributed by atoms with Gasteiger partial charge in [-0.05, 0) is 61.3 Å². The third-order valence-corrected chi connectivity index (χ3v) is 7.46. The summed E-state index contributed by atoms with van der Waals surface area (Å²) in [5, 5.41) is 9.07. The number of hydrogen-bond acceptors (Lipinski definition) is 3. The molecule has 3 aliphatic rings. The number of anilines is 1. The Labute approximate surface area is 172 Å². The first-order valence-corrected chi connectivity index (χ1v) is 10.7. The average Bonchev–Trinajstić information content (AvgIpc) is 3.09. The van der Waals surface area contributed by atoms with E-state index in [0.717, 1.165) is 30.8 Å². The number of hydrogen-bond donors (Lipinski definition) is 0. The molecule has 3 nitrogen and oxygen atoms in total. The van der Waals surface area contributed by atoms with Crippen LogP contribution in [0.5, 0.6) is 0 Å². The monoisotopic (exact) mass is 389 g/mol. The lowest BCUT2D eigenvalue weighted by molar-refractivity contribution is 0.110. The lowest BCUT2D eigenvalue weighted by Gasteiger charge is -2.40. The van der Waals surface area contributed by atoms with Crippen molar-refractivity contribution in [3.8, 4) is 17.2 Å². The van der Waals surface area contributed by atoms with Crippen molar-refractivity contribution >= 4 is 5.69 Å². The van der Waals surface area contributed by atoms with E-state index in [0.29, 0.717) is 11.0 Å². The molecule has 2 atom stereocenters. The molecule has 29 heavy (non-hydrogen) atoms. The normalized spacial score (nSPS) is 28.4. The van der Waals surface area contributed by atoms with Crippen molar-refractivity contribution in [2.24, 2.45) is 5.41 Å². The fourth-order valence-electron chi connectivity index (χ4n) is 5.81. The molecule has 2 aromatic rings. The van der Waals surface area contributed by atoms with Gasteiger partial charge >= 0.3 is 0 Å². The van der Waals surface area contributed by atoms with Crippen molar-refractivity contribution in [1.82, 2.24) is 4.90 Å². The SMILES string of the molecule is C[C@@]12CC[C@@](C)(C1)N(Cc1cccc(-c3ccc(C#N)c(F)c3)c1N1CCC1)C2. The van der Waals surface area contributed by atoms with E-state index in [9.17, 15) is 4.39 Å². The highest BCUT2D eigenvalue weighted by Gasteiger charge is 2.53. The van der Waals surface area contributed by atoms with Crippen LogP contribution in [-0.4, -0.2) is 30.1 Å². The zero-order valence-electron chi connectivity index (χ0n) is 17.3. The van der Waals surface area contributed by atoms with Gasteiger partial charge in [-0.3, -0.25) is 4.90 Å². The highest BCUT2D eigenvalue weighted by atomic mass is 19.1. The Morgan fingerprint density at radius 2 is 1.97 bits per heavy atom. The Morgan fingerprint density at radius 3 is 2.55 bits per heavy atom. The molecule has 0 amide bonds. The maximum atomic E-state index is 14.3. The minimum Gasteiger partial charge on any atom is -0.371 e. The average molecular weight is 390 g/mol. The number of para-hydroxylation sites is 1. The zero-order chi connectivity index (χ0) is 20.2. The van der Waals surface area contributed by atoms with E-state index in [4.69, 9.17) is 5.26 Å². The molecule has 1 saturated carbocycles. The van der Waals surface area contributed by atoms with Gasteiger partial charge in [0.05, 0.1) is 5.56 Å². The zero-order valence-corrected chi connectivity index (χ0v) is 17.3.